The summed E-state index contributed by atoms with van der Waals surface area (Å²) < 4.78 is 0. The van der Waals surface area contributed by atoms with Gasteiger partial charge in [0.15, 0.2) is 5.13 Å². The maximum Gasteiger partial charge on any atom is 0.301 e. The standard InChI is InChI=1S/C24H21ClN2O3S/c1-24(2,3)16-8-4-14(5-9-16)19-18(20(28)15-6-10-17(25)11-7-15)21(29)22(30)27(19)23-26-12-13-31-23/h4-13,19,28H,1-3H3/b20-18+/t19-/m1/s1. The lowest BCUT2D eigenvalue weighted by Crippen LogP contribution is -2.29. The summed E-state index contributed by atoms with van der Waals surface area (Å²) in [6.07, 6.45) is 1.58. The van der Waals surface area contributed by atoms with Crippen molar-refractivity contribution in [2.45, 2.75) is 32.2 Å². The number of halogens is 1. The molecule has 1 N–H and O–H groups in total. The summed E-state index contributed by atoms with van der Waals surface area (Å²) in [6, 6.07) is 13.5. The summed E-state index contributed by atoms with van der Waals surface area (Å²) in [4.78, 5) is 31.6. The number of hydrogen-bond acceptors (Lipinski definition) is 5. The van der Waals surface area contributed by atoms with Crippen LogP contribution in [0.4, 0.5) is 5.13 Å². The van der Waals surface area contributed by atoms with Gasteiger partial charge in [0.25, 0.3) is 5.78 Å². The second kappa shape index (κ2) is 7.94. The summed E-state index contributed by atoms with van der Waals surface area (Å²) in [6.45, 7) is 6.35. The molecule has 0 unspecified atom stereocenters. The van der Waals surface area contributed by atoms with Crippen molar-refractivity contribution in [2.24, 2.45) is 0 Å². The van der Waals surface area contributed by atoms with E-state index in [-0.39, 0.29) is 16.7 Å². The van der Waals surface area contributed by atoms with Crippen molar-refractivity contribution in [3.05, 3.63) is 87.4 Å². The van der Waals surface area contributed by atoms with Crippen LogP contribution in [0.2, 0.25) is 5.02 Å². The Morgan fingerprint density at radius 2 is 1.71 bits per heavy atom. The predicted molar refractivity (Wildman–Crippen MR) is 123 cm³/mol. The lowest BCUT2D eigenvalue weighted by Gasteiger charge is -2.24. The highest BCUT2D eigenvalue weighted by Gasteiger charge is 2.48. The first-order valence-electron chi connectivity index (χ1n) is 9.75. The summed E-state index contributed by atoms with van der Waals surface area (Å²) in [7, 11) is 0. The van der Waals surface area contributed by atoms with Crippen LogP contribution in [0.3, 0.4) is 0 Å². The number of amides is 1. The van der Waals surface area contributed by atoms with Gasteiger partial charge in [0.2, 0.25) is 0 Å². The molecule has 7 heteroatoms. The smallest absolute Gasteiger partial charge is 0.301 e. The molecule has 5 nitrogen and oxygen atoms in total. The van der Waals surface area contributed by atoms with Gasteiger partial charge in [-0.15, -0.1) is 11.3 Å². The predicted octanol–water partition coefficient (Wildman–Crippen LogP) is 5.72. The van der Waals surface area contributed by atoms with E-state index in [2.05, 4.69) is 25.8 Å². The Labute approximate surface area is 189 Å². The van der Waals surface area contributed by atoms with Crippen LogP contribution in [0.25, 0.3) is 5.76 Å². The Morgan fingerprint density at radius 1 is 1.06 bits per heavy atom. The fourth-order valence-electron chi connectivity index (χ4n) is 3.61. The van der Waals surface area contributed by atoms with Crippen molar-refractivity contribution >= 4 is 45.5 Å². The van der Waals surface area contributed by atoms with E-state index in [4.69, 9.17) is 11.6 Å². The lowest BCUT2D eigenvalue weighted by atomic mass is 9.85. The molecule has 0 radical (unpaired) electrons. The number of thiazole rings is 1. The van der Waals surface area contributed by atoms with Crippen LogP contribution in [0.1, 0.15) is 43.5 Å². The van der Waals surface area contributed by atoms with Gasteiger partial charge in [0.1, 0.15) is 5.76 Å². The number of aliphatic hydroxyl groups excluding tert-OH is 1. The third kappa shape index (κ3) is 3.89. The van der Waals surface area contributed by atoms with E-state index in [1.54, 1.807) is 35.8 Å². The van der Waals surface area contributed by atoms with E-state index >= 15 is 0 Å². The Hall–Kier alpha value is -2.96. The molecule has 1 aliphatic heterocycles. The average molecular weight is 453 g/mol. The highest BCUT2D eigenvalue weighted by Crippen LogP contribution is 2.43. The minimum Gasteiger partial charge on any atom is -0.507 e. The number of rotatable bonds is 3. The zero-order valence-electron chi connectivity index (χ0n) is 17.3. The monoisotopic (exact) mass is 452 g/mol. The topological polar surface area (TPSA) is 70.5 Å². The third-order valence-corrected chi connectivity index (χ3v) is 6.30. The fraction of sp³-hybridized carbons (Fsp3) is 0.208. The first kappa shape index (κ1) is 21.3. The van der Waals surface area contributed by atoms with Gasteiger partial charge in [0, 0.05) is 22.2 Å². The van der Waals surface area contributed by atoms with E-state index in [0.29, 0.717) is 15.7 Å². The molecular weight excluding hydrogens is 432 g/mol. The zero-order valence-corrected chi connectivity index (χ0v) is 18.9. The van der Waals surface area contributed by atoms with Crippen LogP contribution >= 0.6 is 22.9 Å². The highest BCUT2D eigenvalue weighted by molar-refractivity contribution is 7.14. The van der Waals surface area contributed by atoms with Gasteiger partial charge < -0.3 is 5.11 Å². The van der Waals surface area contributed by atoms with E-state index in [1.807, 2.05) is 24.3 Å². The molecule has 0 spiro atoms. The van der Waals surface area contributed by atoms with Gasteiger partial charge in [-0.1, -0.05) is 56.6 Å². The van der Waals surface area contributed by atoms with Gasteiger partial charge >= 0.3 is 5.91 Å². The number of ketones is 1. The van der Waals surface area contributed by atoms with Crippen LogP contribution in [-0.4, -0.2) is 21.8 Å². The molecule has 0 bridgehead atoms. The second-order valence-electron chi connectivity index (χ2n) is 8.36. The van der Waals surface area contributed by atoms with Crippen molar-refractivity contribution in [3.63, 3.8) is 0 Å². The second-order valence-corrected chi connectivity index (χ2v) is 9.67. The molecule has 2 heterocycles. The van der Waals surface area contributed by atoms with Crippen molar-refractivity contribution in [1.82, 2.24) is 4.98 Å². The highest BCUT2D eigenvalue weighted by atomic mass is 35.5. The first-order chi connectivity index (χ1) is 14.7. The SMILES string of the molecule is CC(C)(C)c1ccc([C@@H]2/C(=C(\O)c3ccc(Cl)cc3)C(=O)C(=O)N2c2nccs2)cc1. The fourth-order valence-corrected chi connectivity index (χ4v) is 4.40. The Bertz CT molecular complexity index is 1160. The maximum absolute atomic E-state index is 13.0. The van der Waals surface area contributed by atoms with E-state index in [1.165, 1.54) is 16.2 Å². The molecule has 0 saturated carbocycles. The molecule has 3 aromatic rings. The van der Waals surface area contributed by atoms with Crippen molar-refractivity contribution in [1.29, 1.82) is 0 Å². The molecule has 1 atom stereocenters. The number of benzene rings is 2. The van der Waals surface area contributed by atoms with Gasteiger partial charge in [-0.2, -0.15) is 0 Å². The Kier molecular flexibility index (Phi) is 5.45. The molecule has 4 rings (SSSR count). The van der Waals surface area contributed by atoms with Gasteiger partial charge in [-0.3, -0.25) is 14.5 Å². The molecule has 1 aromatic heterocycles. The summed E-state index contributed by atoms with van der Waals surface area (Å²) in [5.74, 6) is -1.69. The summed E-state index contributed by atoms with van der Waals surface area (Å²) in [5.41, 5.74) is 2.25. The number of nitrogens with zero attached hydrogens (tertiary/aromatic N) is 2. The van der Waals surface area contributed by atoms with Gasteiger partial charge in [0.05, 0.1) is 11.6 Å². The largest absolute Gasteiger partial charge is 0.507 e. The summed E-state index contributed by atoms with van der Waals surface area (Å²) in [5, 5.41) is 13.7. The number of aromatic nitrogens is 1. The van der Waals surface area contributed by atoms with Crippen molar-refractivity contribution in [3.8, 4) is 0 Å². The van der Waals surface area contributed by atoms with E-state index in [0.717, 1.165) is 11.1 Å². The molecule has 0 aliphatic carbocycles. The number of carbonyl (C=O) groups is 2. The molecule has 1 saturated heterocycles. The summed E-state index contributed by atoms with van der Waals surface area (Å²) >= 11 is 7.22. The molecule has 1 amide bonds. The average Bonchev–Trinajstić information content (AvgIpc) is 3.34. The van der Waals surface area contributed by atoms with E-state index < -0.39 is 17.7 Å². The van der Waals surface area contributed by atoms with Crippen LogP contribution in [-0.2, 0) is 15.0 Å². The van der Waals surface area contributed by atoms with Gasteiger partial charge in [-0.05, 0) is 40.8 Å². The molecule has 1 aliphatic rings. The number of hydrogen-bond donors (Lipinski definition) is 1. The van der Waals surface area contributed by atoms with Gasteiger partial charge in [-0.25, -0.2) is 4.98 Å². The number of anilines is 1. The molecular formula is C24H21ClN2O3S. The molecule has 2 aromatic carbocycles. The molecule has 158 valence electrons. The normalized spacial score (nSPS) is 18.6. The van der Waals surface area contributed by atoms with Crippen LogP contribution < -0.4 is 4.90 Å². The van der Waals surface area contributed by atoms with E-state index in [9.17, 15) is 14.7 Å². The zero-order chi connectivity index (χ0) is 22.3. The molecule has 31 heavy (non-hydrogen) atoms. The molecule has 1 fully saturated rings. The quantitative estimate of drug-likeness (QED) is 0.313. The lowest BCUT2D eigenvalue weighted by molar-refractivity contribution is -0.132. The van der Waals surface area contributed by atoms with Crippen molar-refractivity contribution in [2.75, 3.05) is 4.90 Å². The minimum atomic E-state index is -0.782. The number of aliphatic hydroxyl groups is 1. The third-order valence-electron chi connectivity index (χ3n) is 5.28. The Morgan fingerprint density at radius 3 is 2.26 bits per heavy atom. The van der Waals surface area contributed by atoms with Crippen LogP contribution in [0.15, 0.2) is 65.7 Å². The van der Waals surface area contributed by atoms with Crippen LogP contribution in [0, 0.1) is 0 Å². The van der Waals surface area contributed by atoms with Crippen LogP contribution in [0.5, 0.6) is 0 Å². The minimum absolute atomic E-state index is 0.0334. The first-order valence-corrected chi connectivity index (χ1v) is 11.0. The van der Waals surface area contributed by atoms with Crippen molar-refractivity contribution < 1.29 is 14.7 Å². The number of carbonyl (C=O) groups excluding carboxylic acids is 2. The Balaban J connectivity index is 1.90. The number of Topliss-reactive ketones (excluding diaryl/α,β-unsaturated/α-hetero) is 1. The maximum atomic E-state index is 13.0.